The number of ether oxygens (including phenoxy) is 2. The number of imidazole rings is 1. The van der Waals surface area contributed by atoms with Crippen molar-refractivity contribution in [2.45, 2.75) is 44.2 Å². The fraction of sp³-hybridized carbons (Fsp3) is 0.209. The molecule has 1 saturated heterocycles. The van der Waals surface area contributed by atoms with Crippen molar-refractivity contribution >= 4 is 17.1 Å². The summed E-state index contributed by atoms with van der Waals surface area (Å²) in [6, 6.07) is 38.2. The molecule has 0 aliphatic carbocycles. The average molecular weight is 743 g/mol. The van der Waals surface area contributed by atoms with Crippen LogP contribution in [-0.4, -0.2) is 60.4 Å². The third-order valence-corrected chi connectivity index (χ3v) is 9.65. The number of hydrogen-bond acceptors (Lipinski definition) is 6. The Bertz CT molecular complexity index is 2340. The topological polar surface area (TPSA) is 87.3 Å². The molecule has 1 fully saturated rings. The van der Waals surface area contributed by atoms with Crippen molar-refractivity contribution in [3.8, 4) is 22.7 Å². The van der Waals surface area contributed by atoms with Crippen molar-refractivity contribution in [1.29, 1.82) is 0 Å². The number of amides is 1. The van der Waals surface area contributed by atoms with Crippen LogP contribution in [0, 0.1) is 0 Å². The van der Waals surface area contributed by atoms with Crippen LogP contribution in [0.5, 0.6) is 5.75 Å². The van der Waals surface area contributed by atoms with Gasteiger partial charge in [-0.15, -0.1) is 13.2 Å². The molecule has 0 bridgehead atoms. The highest BCUT2D eigenvalue weighted by Gasteiger charge is 2.40. The fourth-order valence-corrected chi connectivity index (χ4v) is 7.29. The van der Waals surface area contributed by atoms with Gasteiger partial charge in [0.15, 0.2) is 5.65 Å². The maximum absolute atomic E-state index is 13.0. The zero-order chi connectivity index (χ0) is 38.4. The van der Waals surface area contributed by atoms with Crippen LogP contribution < -0.4 is 4.74 Å². The van der Waals surface area contributed by atoms with Gasteiger partial charge in [0.1, 0.15) is 16.9 Å². The second-order valence-electron chi connectivity index (χ2n) is 14.5. The van der Waals surface area contributed by atoms with Gasteiger partial charge in [0.25, 0.3) is 0 Å². The van der Waals surface area contributed by atoms with Crippen LogP contribution in [0.3, 0.4) is 0 Å². The molecule has 9 nitrogen and oxygen atoms in total. The molecule has 0 N–H and O–H groups in total. The number of nitrogens with zero attached hydrogens (tertiary/aromatic N) is 6. The highest BCUT2D eigenvalue weighted by Crippen LogP contribution is 2.43. The molecule has 1 aliphatic rings. The molecule has 4 heterocycles. The Morgan fingerprint density at radius 2 is 1.31 bits per heavy atom. The van der Waals surface area contributed by atoms with Crippen LogP contribution in [0.25, 0.3) is 28.0 Å². The predicted molar refractivity (Wildman–Crippen MR) is 202 cm³/mol. The minimum atomic E-state index is -4.82. The van der Waals surface area contributed by atoms with Gasteiger partial charge in [0, 0.05) is 37.0 Å². The Labute approximate surface area is 315 Å². The SMILES string of the molecule is CC(C)(C)OC(=O)N1CC(c2nn(-c3ccc(OC(F)(F)F)cc3)c3nccc(-c4cn(C(c5ccccc5)(c5ccccc5)c5ccccc5)cn4)c23)C1. The van der Waals surface area contributed by atoms with Crippen molar-refractivity contribution in [1.82, 2.24) is 29.2 Å². The number of likely N-dealkylation sites (tertiary alicyclic amines) is 1. The van der Waals surface area contributed by atoms with Crippen molar-refractivity contribution in [3.63, 3.8) is 0 Å². The van der Waals surface area contributed by atoms with E-state index in [0.29, 0.717) is 35.8 Å². The lowest BCUT2D eigenvalue weighted by molar-refractivity contribution is -0.274. The maximum Gasteiger partial charge on any atom is 0.573 e. The molecule has 0 saturated carbocycles. The molecule has 278 valence electrons. The molecule has 0 unspecified atom stereocenters. The largest absolute Gasteiger partial charge is 0.573 e. The van der Waals surface area contributed by atoms with Gasteiger partial charge in [-0.1, -0.05) is 91.0 Å². The van der Waals surface area contributed by atoms with Gasteiger partial charge < -0.3 is 18.9 Å². The van der Waals surface area contributed by atoms with Gasteiger partial charge in [-0.25, -0.2) is 19.4 Å². The predicted octanol–water partition coefficient (Wildman–Crippen LogP) is 9.36. The molecule has 8 rings (SSSR count). The van der Waals surface area contributed by atoms with Crippen molar-refractivity contribution < 1.29 is 27.4 Å². The number of fused-ring (bicyclic) bond motifs is 1. The van der Waals surface area contributed by atoms with Gasteiger partial charge in [0.2, 0.25) is 0 Å². The van der Waals surface area contributed by atoms with Gasteiger partial charge in [-0.3, -0.25) is 0 Å². The van der Waals surface area contributed by atoms with Crippen LogP contribution in [-0.2, 0) is 10.3 Å². The van der Waals surface area contributed by atoms with E-state index in [1.807, 2.05) is 94.0 Å². The molecule has 0 radical (unpaired) electrons. The number of carbonyl (C=O) groups excluding carboxylic acids is 1. The first kappa shape index (κ1) is 35.6. The molecular formula is C43H37F3N6O3. The molecule has 55 heavy (non-hydrogen) atoms. The summed E-state index contributed by atoms with van der Waals surface area (Å²) < 4.78 is 52.4. The van der Waals surface area contributed by atoms with Crippen molar-refractivity contribution in [2.75, 3.05) is 13.1 Å². The number of halogens is 3. The minimum absolute atomic E-state index is 0.175. The number of rotatable bonds is 8. The second-order valence-corrected chi connectivity index (χ2v) is 14.5. The molecule has 4 aromatic carbocycles. The summed E-state index contributed by atoms with van der Waals surface area (Å²) in [6.45, 7) is 6.19. The van der Waals surface area contributed by atoms with E-state index in [2.05, 4.69) is 45.7 Å². The first-order valence-electron chi connectivity index (χ1n) is 17.8. The molecule has 3 aromatic heterocycles. The summed E-state index contributed by atoms with van der Waals surface area (Å²) in [6.07, 6.45) is 0.304. The highest BCUT2D eigenvalue weighted by molar-refractivity contribution is 5.95. The van der Waals surface area contributed by atoms with E-state index in [1.165, 1.54) is 24.3 Å². The van der Waals surface area contributed by atoms with Crippen LogP contribution in [0.15, 0.2) is 140 Å². The van der Waals surface area contributed by atoms with E-state index in [1.54, 1.807) is 15.8 Å². The standard InChI is InChI=1S/C43H37F3N6O3/c1-41(2,3)55-40(53)50-25-29(26-50)38-37-35(23-24-47-39(37)52(49-38)33-19-21-34(22-20-33)54-43(44,45)46)36-27-51(28-48-36)42(30-13-7-4-8-14-30,31-15-9-5-10-16-31)32-17-11-6-12-18-32/h4-24,27-29H,25-26H2,1-3H3. The number of hydrogen-bond donors (Lipinski definition) is 0. The van der Waals surface area contributed by atoms with Gasteiger partial charge in [0.05, 0.1) is 28.8 Å². The second kappa shape index (κ2) is 13.8. The summed E-state index contributed by atoms with van der Waals surface area (Å²) in [5.41, 5.74) is 4.77. The van der Waals surface area contributed by atoms with E-state index in [-0.39, 0.29) is 11.7 Å². The van der Waals surface area contributed by atoms with E-state index in [9.17, 15) is 18.0 Å². The third kappa shape index (κ3) is 6.80. The summed E-state index contributed by atoms with van der Waals surface area (Å²) in [5, 5.41) is 5.74. The Morgan fingerprint density at radius 1 is 0.745 bits per heavy atom. The lowest BCUT2D eigenvalue weighted by atomic mass is 9.77. The Hall–Kier alpha value is -6.43. The van der Waals surface area contributed by atoms with Crippen LogP contribution in [0.2, 0.25) is 0 Å². The summed E-state index contributed by atoms with van der Waals surface area (Å²) in [4.78, 5) is 24.3. The minimum Gasteiger partial charge on any atom is -0.444 e. The number of aromatic nitrogens is 5. The maximum atomic E-state index is 13.0. The quantitative estimate of drug-likeness (QED) is 0.144. The molecule has 7 aromatic rings. The number of benzene rings is 4. The zero-order valence-electron chi connectivity index (χ0n) is 30.3. The van der Waals surface area contributed by atoms with E-state index in [0.717, 1.165) is 27.6 Å². The number of carbonyl (C=O) groups is 1. The van der Waals surface area contributed by atoms with Gasteiger partial charge in [-0.05, 0) is 67.8 Å². The lowest BCUT2D eigenvalue weighted by Crippen LogP contribution is -2.50. The van der Waals surface area contributed by atoms with Crippen LogP contribution in [0.1, 0.15) is 49.1 Å². The van der Waals surface area contributed by atoms with E-state index in [4.69, 9.17) is 19.8 Å². The average Bonchev–Trinajstić information content (AvgIpc) is 3.78. The number of pyridine rings is 1. The smallest absolute Gasteiger partial charge is 0.444 e. The van der Waals surface area contributed by atoms with E-state index >= 15 is 0 Å². The summed E-state index contributed by atoms with van der Waals surface area (Å²) >= 11 is 0. The molecule has 1 aliphatic heterocycles. The molecule has 1 amide bonds. The molecule has 12 heteroatoms. The summed E-state index contributed by atoms with van der Waals surface area (Å²) in [7, 11) is 0. The van der Waals surface area contributed by atoms with Crippen molar-refractivity contribution in [2.24, 2.45) is 0 Å². The monoisotopic (exact) mass is 742 g/mol. The van der Waals surface area contributed by atoms with Crippen molar-refractivity contribution in [3.05, 3.63) is 162 Å². The third-order valence-electron chi connectivity index (χ3n) is 9.65. The lowest BCUT2D eigenvalue weighted by Gasteiger charge is -2.39. The molecular weight excluding hydrogens is 706 g/mol. The fourth-order valence-electron chi connectivity index (χ4n) is 7.29. The first-order valence-corrected chi connectivity index (χ1v) is 17.8. The normalized spacial score (nSPS) is 13.8. The highest BCUT2D eigenvalue weighted by atomic mass is 19.4. The molecule has 0 atom stereocenters. The van der Waals surface area contributed by atoms with E-state index < -0.39 is 23.6 Å². The van der Waals surface area contributed by atoms with Crippen LogP contribution in [0.4, 0.5) is 18.0 Å². The number of alkyl halides is 3. The first-order chi connectivity index (χ1) is 26.4. The van der Waals surface area contributed by atoms with Crippen LogP contribution >= 0.6 is 0 Å². The Kier molecular flexibility index (Phi) is 8.91. The Morgan fingerprint density at radius 3 is 1.84 bits per heavy atom. The Balaban J connectivity index is 1.28. The van der Waals surface area contributed by atoms with Gasteiger partial charge in [-0.2, -0.15) is 5.10 Å². The molecule has 0 spiro atoms. The zero-order valence-corrected chi connectivity index (χ0v) is 30.3. The summed E-state index contributed by atoms with van der Waals surface area (Å²) in [5.74, 6) is -0.524. The van der Waals surface area contributed by atoms with Gasteiger partial charge >= 0.3 is 12.5 Å².